The molecule has 0 aliphatic carbocycles. The SMILES string of the molecule is COC(=O)c1cc(Br)ccc1-n1cnnc1CO. The van der Waals surface area contributed by atoms with Crippen molar-refractivity contribution in [2.24, 2.45) is 0 Å². The van der Waals surface area contributed by atoms with Crippen molar-refractivity contribution in [2.75, 3.05) is 7.11 Å². The molecule has 0 saturated carbocycles. The van der Waals surface area contributed by atoms with Gasteiger partial charge < -0.3 is 9.84 Å². The molecule has 0 amide bonds. The van der Waals surface area contributed by atoms with Crippen molar-refractivity contribution in [3.63, 3.8) is 0 Å². The Bertz CT molecular complexity index is 583. The number of carbonyl (C=O) groups is 1. The van der Waals surface area contributed by atoms with Crippen LogP contribution < -0.4 is 0 Å². The van der Waals surface area contributed by atoms with E-state index in [1.807, 2.05) is 0 Å². The van der Waals surface area contributed by atoms with Gasteiger partial charge in [0.1, 0.15) is 12.9 Å². The van der Waals surface area contributed by atoms with E-state index in [-0.39, 0.29) is 6.61 Å². The topological polar surface area (TPSA) is 77.2 Å². The van der Waals surface area contributed by atoms with Gasteiger partial charge in [-0.25, -0.2) is 4.79 Å². The first-order chi connectivity index (χ1) is 8.67. The third-order valence-corrected chi connectivity index (χ3v) is 2.88. The highest BCUT2D eigenvalue weighted by molar-refractivity contribution is 9.10. The molecule has 0 radical (unpaired) electrons. The van der Waals surface area contributed by atoms with Crippen LogP contribution in [0.2, 0.25) is 0 Å². The molecule has 0 saturated heterocycles. The van der Waals surface area contributed by atoms with E-state index in [1.165, 1.54) is 13.4 Å². The molecule has 1 N–H and O–H groups in total. The van der Waals surface area contributed by atoms with E-state index < -0.39 is 5.97 Å². The van der Waals surface area contributed by atoms with E-state index >= 15 is 0 Å². The number of aliphatic hydroxyl groups excluding tert-OH is 1. The molecular weight excluding hydrogens is 302 g/mol. The second-order valence-electron chi connectivity index (χ2n) is 3.43. The van der Waals surface area contributed by atoms with Crippen molar-refractivity contribution in [3.05, 3.63) is 40.4 Å². The molecule has 0 spiro atoms. The Morgan fingerprint density at radius 2 is 2.33 bits per heavy atom. The smallest absolute Gasteiger partial charge is 0.340 e. The van der Waals surface area contributed by atoms with Crippen LogP contribution in [0.5, 0.6) is 0 Å². The van der Waals surface area contributed by atoms with E-state index in [0.29, 0.717) is 17.1 Å². The van der Waals surface area contributed by atoms with Crippen LogP contribution in [0.15, 0.2) is 29.0 Å². The number of halogens is 1. The summed E-state index contributed by atoms with van der Waals surface area (Å²) >= 11 is 3.30. The third-order valence-electron chi connectivity index (χ3n) is 2.38. The molecule has 0 unspecified atom stereocenters. The zero-order chi connectivity index (χ0) is 13.1. The van der Waals surface area contributed by atoms with E-state index in [0.717, 1.165) is 4.47 Å². The summed E-state index contributed by atoms with van der Waals surface area (Å²) in [4.78, 5) is 11.7. The normalized spacial score (nSPS) is 10.4. The minimum atomic E-state index is -0.469. The lowest BCUT2D eigenvalue weighted by Crippen LogP contribution is -2.09. The summed E-state index contributed by atoms with van der Waals surface area (Å²) in [6, 6.07) is 5.14. The van der Waals surface area contributed by atoms with Crippen LogP contribution in [0.25, 0.3) is 5.69 Å². The molecule has 0 bridgehead atoms. The number of hydrogen-bond acceptors (Lipinski definition) is 5. The number of methoxy groups -OCH3 is 1. The molecule has 0 aliphatic rings. The Kier molecular flexibility index (Phi) is 3.73. The summed E-state index contributed by atoms with van der Waals surface area (Å²) in [5.41, 5.74) is 0.917. The molecule has 0 fully saturated rings. The first-order valence-corrected chi connectivity index (χ1v) is 5.84. The maximum absolute atomic E-state index is 11.7. The number of hydrogen-bond donors (Lipinski definition) is 1. The fourth-order valence-electron chi connectivity index (χ4n) is 1.56. The van der Waals surface area contributed by atoms with E-state index in [9.17, 15) is 4.79 Å². The van der Waals surface area contributed by atoms with Crippen LogP contribution in [-0.4, -0.2) is 33.0 Å². The lowest BCUT2D eigenvalue weighted by atomic mass is 10.1. The molecule has 6 nitrogen and oxygen atoms in total. The molecule has 94 valence electrons. The van der Waals surface area contributed by atoms with E-state index in [2.05, 4.69) is 26.1 Å². The average molecular weight is 312 g/mol. The summed E-state index contributed by atoms with van der Waals surface area (Å²) in [6.45, 7) is -0.267. The van der Waals surface area contributed by atoms with Crippen LogP contribution in [0.4, 0.5) is 0 Å². The number of aromatic nitrogens is 3. The Morgan fingerprint density at radius 3 is 3.00 bits per heavy atom. The van der Waals surface area contributed by atoms with Gasteiger partial charge in [0.15, 0.2) is 5.82 Å². The van der Waals surface area contributed by atoms with Gasteiger partial charge >= 0.3 is 5.97 Å². The number of ether oxygens (including phenoxy) is 1. The van der Waals surface area contributed by atoms with Crippen molar-refractivity contribution in [1.82, 2.24) is 14.8 Å². The monoisotopic (exact) mass is 311 g/mol. The van der Waals surface area contributed by atoms with Crippen molar-refractivity contribution < 1.29 is 14.6 Å². The van der Waals surface area contributed by atoms with Crippen molar-refractivity contribution in [2.45, 2.75) is 6.61 Å². The fraction of sp³-hybridized carbons (Fsp3) is 0.182. The maximum atomic E-state index is 11.7. The lowest BCUT2D eigenvalue weighted by molar-refractivity contribution is 0.0600. The Hall–Kier alpha value is -1.73. The van der Waals surface area contributed by atoms with Crippen LogP contribution in [0, 0.1) is 0 Å². The molecule has 2 aromatic rings. The summed E-state index contributed by atoms with van der Waals surface area (Å²) in [5, 5.41) is 16.6. The molecule has 18 heavy (non-hydrogen) atoms. The quantitative estimate of drug-likeness (QED) is 0.865. The molecule has 0 atom stereocenters. The highest BCUT2D eigenvalue weighted by atomic mass is 79.9. The summed E-state index contributed by atoms with van der Waals surface area (Å²) in [7, 11) is 1.31. The van der Waals surface area contributed by atoms with Crippen molar-refractivity contribution >= 4 is 21.9 Å². The highest BCUT2D eigenvalue weighted by Gasteiger charge is 2.16. The van der Waals surface area contributed by atoms with Gasteiger partial charge in [-0.05, 0) is 18.2 Å². The minimum Gasteiger partial charge on any atom is -0.465 e. The average Bonchev–Trinajstić information content (AvgIpc) is 2.85. The number of aliphatic hydroxyl groups is 1. The number of carbonyl (C=O) groups excluding carboxylic acids is 1. The number of benzene rings is 1. The Labute approximate surface area is 111 Å². The largest absolute Gasteiger partial charge is 0.465 e. The second-order valence-corrected chi connectivity index (χ2v) is 4.34. The molecule has 1 heterocycles. The van der Waals surface area contributed by atoms with E-state index in [4.69, 9.17) is 9.84 Å². The van der Waals surface area contributed by atoms with Gasteiger partial charge in [-0.1, -0.05) is 15.9 Å². The molecule has 0 aliphatic heterocycles. The maximum Gasteiger partial charge on any atom is 0.340 e. The first-order valence-electron chi connectivity index (χ1n) is 5.05. The predicted molar refractivity (Wildman–Crippen MR) is 66.3 cm³/mol. The van der Waals surface area contributed by atoms with Gasteiger partial charge in [0.25, 0.3) is 0 Å². The number of esters is 1. The van der Waals surface area contributed by atoms with Gasteiger partial charge in [-0.15, -0.1) is 10.2 Å². The first kappa shape index (κ1) is 12.7. The summed E-state index contributed by atoms with van der Waals surface area (Å²) in [6.07, 6.45) is 1.43. The molecule has 1 aromatic carbocycles. The predicted octanol–water partition coefficient (Wildman–Crippen LogP) is 1.31. The molecule has 2 rings (SSSR count). The van der Waals surface area contributed by atoms with Gasteiger partial charge in [-0.2, -0.15) is 0 Å². The van der Waals surface area contributed by atoms with Crippen molar-refractivity contribution in [1.29, 1.82) is 0 Å². The van der Waals surface area contributed by atoms with Gasteiger partial charge in [-0.3, -0.25) is 4.57 Å². The van der Waals surface area contributed by atoms with Crippen molar-refractivity contribution in [3.8, 4) is 5.69 Å². The molecular formula is C11H10BrN3O3. The highest BCUT2D eigenvalue weighted by Crippen LogP contribution is 2.21. The number of nitrogens with zero attached hydrogens (tertiary/aromatic N) is 3. The summed E-state index contributed by atoms with van der Waals surface area (Å²) in [5.74, 6) is -0.119. The van der Waals surface area contributed by atoms with Crippen LogP contribution in [0.3, 0.4) is 0 Å². The Balaban J connectivity index is 2.60. The van der Waals surface area contributed by atoms with Gasteiger partial charge in [0.2, 0.25) is 0 Å². The van der Waals surface area contributed by atoms with Gasteiger partial charge in [0.05, 0.1) is 18.4 Å². The van der Waals surface area contributed by atoms with Crippen LogP contribution in [0.1, 0.15) is 16.2 Å². The summed E-state index contributed by atoms with van der Waals surface area (Å²) < 4.78 is 7.02. The standard InChI is InChI=1S/C11H10BrN3O3/c1-18-11(17)8-4-7(12)2-3-9(8)15-6-13-14-10(15)5-16/h2-4,6,16H,5H2,1H3. The molecule has 1 aromatic heterocycles. The Morgan fingerprint density at radius 1 is 1.56 bits per heavy atom. The zero-order valence-electron chi connectivity index (χ0n) is 9.50. The van der Waals surface area contributed by atoms with Gasteiger partial charge in [0, 0.05) is 4.47 Å². The minimum absolute atomic E-state index is 0.267. The number of rotatable bonds is 3. The second kappa shape index (κ2) is 5.28. The molecule has 7 heteroatoms. The fourth-order valence-corrected chi connectivity index (χ4v) is 1.92. The van der Waals surface area contributed by atoms with E-state index in [1.54, 1.807) is 22.8 Å². The zero-order valence-corrected chi connectivity index (χ0v) is 11.1. The van der Waals surface area contributed by atoms with Crippen LogP contribution >= 0.6 is 15.9 Å². The third kappa shape index (κ3) is 2.27. The lowest BCUT2D eigenvalue weighted by Gasteiger charge is -2.10. The van der Waals surface area contributed by atoms with Crippen LogP contribution in [-0.2, 0) is 11.3 Å².